The summed E-state index contributed by atoms with van der Waals surface area (Å²) in [6, 6.07) is 10.2. The zero-order chi connectivity index (χ0) is 12.7. The molecule has 17 heavy (non-hydrogen) atoms. The molecule has 1 aromatic rings. The lowest BCUT2D eigenvalue weighted by atomic mass is 9.90. The first-order chi connectivity index (χ1) is 8.03. The highest BCUT2D eigenvalue weighted by atomic mass is 16.3. The Hall–Kier alpha value is -0.860. The third-order valence-corrected chi connectivity index (χ3v) is 2.88. The Morgan fingerprint density at radius 3 is 2.35 bits per heavy atom. The van der Waals surface area contributed by atoms with Crippen molar-refractivity contribution in [2.24, 2.45) is 5.41 Å². The van der Waals surface area contributed by atoms with Gasteiger partial charge in [0.25, 0.3) is 0 Å². The minimum absolute atomic E-state index is 0.0659. The number of benzene rings is 1. The van der Waals surface area contributed by atoms with Crippen LogP contribution in [0.15, 0.2) is 30.3 Å². The molecule has 0 aliphatic heterocycles. The number of hydrogen-bond acceptors (Lipinski definition) is 2. The fraction of sp³-hybridized carbons (Fsp3) is 0.600. The maximum atomic E-state index is 9.38. The Morgan fingerprint density at radius 1 is 1.18 bits per heavy atom. The molecule has 0 saturated heterocycles. The molecular formula is C15H25NO. The fourth-order valence-electron chi connectivity index (χ4n) is 1.87. The van der Waals surface area contributed by atoms with Crippen molar-refractivity contribution in [2.45, 2.75) is 39.7 Å². The standard InChI is InChI=1S/C15H25NO/c1-15(2,3)10-7-11-16-14(12-17)13-8-5-4-6-9-13/h4-6,8-9,14,16-17H,7,10-12H2,1-3H3. The van der Waals surface area contributed by atoms with Gasteiger partial charge in [0.05, 0.1) is 12.6 Å². The molecule has 0 aromatic heterocycles. The summed E-state index contributed by atoms with van der Waals surface area (Å²) in [4.78, 5) is 0. The zero-order valence-electron chi connectivity index (χ0n) is 11.2. The zero-order valence-corrected chi connectivity index (χ0v) is 11.2. The molecule has 2 nitrogen and oxygen atoms in total. The third kappa shape index (κ3) is 5.85. The van der Waals surface area contributed by atoms with Crippen molar-refractivity contribution in [3.8, 4) is 0 Å². The van der Waals surface area contributed by atoms with Crippen LogP contribution < -0.4 is 5.32 Å². The minimum Gasteiger partial charge on any atom is -0.394 e. The number of aliphatic hydroxyl groups is 1. The molecule has 0 fully saturated rings. The van der Waals surface area contributed by atoms with Crippen molar-refractivity contribution in [3.63, 3.8) is 0 Å². The predicted octanol–water partition coefficient (Wildman–Crippen LogP) is 3.14. The highest BCUT2D eigenvalue weighted by Crippen LogP contribution is 2.20. The summed E-state index contributed by atoms with van der Waals surface area (Å²) < 4.78 is 0. The monoisotopic (exact) mass is 235 g/mol. The van der Waals surface area contributed by atoms with E-state index >= 15 is 0 Å². The largest absolute Gasteiger partial charge is 0.394 e. The van der Waals surface area contributed by atoms with Gasteiger partial charge >= 0.3 is 0 Å². The van der Waals surface area contributed by atoms with Crippen LogP contribution >= 0.6 is 0 Å². The maximum absolute atomic E-state index is 9.38. The van der Waals surface area contributed by atoms with Gasteiger partial charge in [0, 0.05) is 0 Å². The first kappa shape index (κ1) is 14.2. The van der Waals surface area contributed by atoms with Crippen molar-refractivity contribution in [3.05, 3.63) is 35.9 Å². The Bertz CT molecular complexity index is 302. The van der Waals surface area contributed by atoms with Gasteiger partial charge in [0.2, 0.25) is 0 Å². The van der Waals surface area contributed by atoms with Crippen molar-refractivity contribution < 1.29 is 5.11 Å². The molecule has 1 atom stereocenters. The van der Waals surface area contributed by atoms with E-state index in [0.29, 0.717) is 5.41 Å². The van der Waals surface area contributed by atoms with E-state index in [1.54, 1.807) is 0 Å². The third-order valence-electron chi connectivity index (χ3n) is 2.88. The van der Waals surface area contributed by atoms with Gasteiger partial charge in [-0.25, -0.2) is 0 Å². The van der Waals surface area contributed by atoms with Gasteiger partial charge in [-0.05, 0) is 30.4 Å². The molecule has 0 bridgehead atoms. The summed E-state index contributed by atoms with van der Waals surface area (Å²) in [5.74, 6) is 0. The van der Waals surface area contributed by atoms with Crippen molar-refractivity contribution in [1.29, 1.82) is 0 Å². The Kier molecular flexibility index (Phi) is 5.66. The van der Waals surface area contributed by atoms with Crippen LogP contribution in [0.4, 0.5) is 0 Å². The molecule has 0 heterocycles. The molecule has 96 valence electrons. The second kappa shape index (κ2) is 6.77. The van der Waals surface area contributed by atoms with E-state index in [1.807, 2.05) is 18.2 Å². The summed E-state index contributed by atoms with van der Waals surface area (Å²) in [5, 5.41) is 12.8. The predicted molar refractivity (Wildman–Crippen MR) is 73.0 cm³/mol. The normalized spacial score (nSPS) is 13.6. The Balaban J connectivity index is 2.34. The van der Waals surface area contributed by atoms with E-state index in [1.165, 1.54) is 6.42 Å². The first-order valence-electron chi connectivity index (χ1n) is 6.42. The van der Waals surface area contributed by atoms with E-state index in [2.05, 4.69) is 38.2 Å². The summed E-state index contributed by atoms with van der Waals surface area (Å²) >= 11 is 0. The van der Waals surface area contributed by atoms with Gasteiger partial charge in [-0.3, -0.25) is 0 Å². The summed E-state index contributed by atoms with van der Waals surface area (Å²) in [6.45, 7) is 7.88. The summed E-state index contributed by atoms with van der Waals surface area (Å²) in [6.07, 6.45) is 2.35. The van der Waals surface area contributed by atoms with Gasteiger partial charge in [0.15, 0.2) is 0 Å². The number of nitrogens with one attached hydrogen (secondary N) is 1. The molecule has 0 aliphatic rings. The van der Waals surface area contributed by atoms with E-state index in [4.69, 9.17) is 0 Å². The molecule has 1 rings (SSSR count). The fourth-order valence-corrected chi connectivity index (χ4v) is 1.87. The van der Waals surface area contributed by atoms with Crippen LogP contribution in [0, 0.1) is 5.41 Å². The first-order valence-corrected chi connectivity index (χ1v) is 6.42. The smallest absolute Gasteiger partial charge is 0.0626 e. The summed E-state index contributed by atoms with van der Waals surface area (Å²) in [5.41, 5.74) is 1.55. The number of aliphatic hydroxyl groups excluding tert-OH is 1. The minimum atomic E-state index is 0.0659. The van der Waals surface area contributed by atoms with E-state index in [-0.39, 0.29) is 12.6 Å². The second-order valence-electron chi connectivity index (χ2n) is 5.76. The second-order valence-corrected chi connectivity index (χ2v) is 5.76. The number of rotatable bonds is 6. The topological polar surface area (TPSA) is 32.3 Å². The van der Waals surface area contributed by atoms with E-state index < -0.39 is 0 Å². The van der Waals surface area contributed by atoms with Gasteiger partial charge in [-0.2, -0.15) is 0 Å². The molecule has 2 N–H and O–H groups in total. The van der Waals surface area contributed by atoms with Crippen LogP contribution in [-0.2, 0) is 0 Å². The molecule has 0 spiro atoms. The molecule has 2 heteroatoms. The SMILES string of the molecule is CC(C)(C)CCCNC(CO)c1ccccc1. The molecule has 0 radical (unpaired) electrons. The van der Waals surface area contributed by atoms with E-state index in [0.717, 1.165) is 18.5 Å². The van der Waals surface area contributed by atoms with Crippen LogP contribution in [0.3, 0.4) is 0 Å². The average Bonchev–Trinajstić information content (AvgIpc) is 2.29. The highest BCUT2D eigenvalue weighted by Gasteiger charge is 2.11. The van der Waals surface area contributed by atoms with Gasteiger partial charge in [-0.15, -0.1) is 0 Å². The van der Waals surface area contributed by atoms with Crippen molar-refractivity contribution >= 4 is 0 Å². The highest BCUT2D eigenvalue weighted by molar-refractivity contribution is 5.18. The quantitative estimate of drug-likeness (QED) is 0.742. The number of hydrogen-bond donors (Lipinski definition) is 2. The van der Waals surface area contributed by atoms with Gasteiger partial charge in [-0.1, -0.05) is 51.1 Å². The van der Waals surface area contributed by atoms with Crippen molar-refractivity contribution in [1.82, 2.24) is 5.32 Å². The lowest BCUT2D eigenvalue weighted by molar-refractivity contribution is 0.241. The lowest BCUT2D eigenvalue weighted by Crippen LogP contribution is -2.26. The molecule has 0 amide bonds. The molecule has 1 unspecified atom stereocenters. The van der Waals surface area contributed by atoms with Crippen molar-refractivity contribution in [2.75, 3.05) is 13.2 Å². The van der Waals surface area contributed by atoms with Crippen LogP contribution in [0.1, 0.15) is 45.2 Å². The molecule has 1 aromatic carbocycles. The Labute approximate surface area is 105 Å². The molecular weight excluding hydrogens is 210 g/mol. The van der Waals surface area contributed by atoms with Crippen LogP contribution in [0.2, 0.25) is 0 Å². The van der Waals surface area contributed by atoms with E-state index in [9.17, 15) is 5.11 Å². The average molecular weight is 235 g/mol. The lowest BCUT2D eigenvalue weighted by Gasteiger charge is -2.20. The van der Waals surface area contributed by atoms with Crippen LogP contribution in [-0.4, -0.2) is 18.3 Å². The van der Waals surface area contributed by atoms with Crippen LogP contribution in [0.25, 0.3) is 0 Å². The molecule has 0 saturated carbocycles. The maximum Gasteiger partial charge on any atom is 0.0626 e. The van der Waals surface area contributed by atoms with Crippen LogP contribution in [0.5, 0.6) is 0 Å². The summed E-state index contributed by atoms with van der Waals surface area (Å²) in [7, 11) is 0. The Morgan fingerprint density at radius 2 is 1.82 bits per heavy atom. The van der Waals surface area contributed by atoms with Gasteiger partial charge in [0.1, 0.15) is 0 Å². The van der Waals surface area contributed by atoms with Gasteiger partial charge < -0.3 is 10.4 Å². The molecule has 0 aliphatic carbocycles.